The van der Waals surface area contributed by atoms with Crippen molar-refractivity contribution in [1.82, 2.24) is 40.1 Å². The van der Waals surface area contributed by atoms with Crippen LogP contribution in [-0.2, 0) is 0 Å². The van der Waals surface area contributed by atoms with Crippen molar-refractivity contribution in [2.45, 2.75) is 0 Å². The van der Waals surface area contributed by atoms with Crippen molar-refractivity contribution in [3.63, 3.8) is 0 Å². The highest BCUT2D eigenvalue weighted by atomic mass is 16.3. The standard InChI is InChI=1S/C22H14N8O/c31-14-7-13(8-24-9-14)16-1-2-17-20(26-16)21(30-29-17)22-27-18-11-25-10-15(19(18)28-22)12-3-5-23-6-4-12/h1-11,31H,(H,27,28)(H,29,30). The van der Waals surface area contributed by atoms with E-state index in [9.17, 15) is 5.11 Å². The summed E-state index contributed by atoms with van der Waals surface area (Å²) in [7, 11) is 0. The molecule has 3 N–H and O–H groups in total. The fourth-order valence-corrected chi connectivity index (χ4v) is 3.58. The highest BCUT2D eigenvalue weighted by Crippen LogP contribution is 2.31. The number of pyridine rings is 4. The van der Waals surface area contributed by atoms with Gasteiger partial charge in [0, 0.05) is 35.9 Å². The molecule has 6 rings (SSSR count). The van der Waals surface area contributed by atoms with Crippen LogP contribution in [0.3, 0.4) is 0 Å². The first-order chi connectivity index (χ1) is 15.3. The lowest BCUT2D eigenvalue weighted by Crippen LogP contribution is -1.87. The average Bonchev–Trinajstić information content (AvgIpc) is 3.43. The van der Waals surface area contributed by atoms with Crippen LogP contribution in [0.5, 0.6) is 5.75 Å². The van der Waals surface area contributed by atoms with E-state index in [1.807, 2.05) is 24.3 Å². The van der Waals surface area contributed by atoms with E-state index in [0.717, 1.165) is 27.7 Å². The van der Waals surface area contributed by atoms with Crippen molar-refractivity contribution >= 4 is 22.1 Å². The summed E-state index contributed by atoms with van der Waals surface area (Å²) < 4.78 is 0. The van der Waals surface area contributed by atoms with Gasteiger partial charge in [-0.05, 0) is 35.9 Å². The minimum absolute atomic E-state index is 0.0836. The normalized spacial score (nSPS) is 11.4. The van der Waals surface area contributed by atoms with Gasteiger partial charge in [-0.3, -0.25) is 20.1 Å². The number of nitrogens with zero attached hydrogens (tertiary/aromatic N) is 6. The summed E-state index contributed by atoms with van der Waals surface area (Å²) in [6, 6.07) is 9.21. The molecule has 6 aromatic rings. The minimum atomic E-state index is 0.0836. The van der Waals surface area contributed by atoms with Gasteiger partial charge >= 0.3 is 0 Å². The second-order valence-electron chi connectivity index (χ2n) is 7.00. The summed E-state index contributed by atoms with van der Waals surface area (Å²) in [5.74, 6) is 0.670. The lowest BCUT2D eigenvalue weighted by molar-refractivity contribution is 0.473. The number of aromatic hydroxyl groups is 1. The summed E-state index contributed by atoms with van der Waals surface area (Å²) in [6.07, 6.45) is 10.0. The molecule has 0 aliphatic heterocycles. The third-order valence-corrected chi connectivity index (χ3v) is 5.04. The van der Waals surface area contributed by atoms with Gasteiger partial charge in [-0.2, -0.15) is 5.10 Å². The molecule has 0 unspecified atom stereocenters. The molecule has 148 valence electrons. The van der Waals surface area contributed by atoms with E-state index < -0.39 is 0 Å². The smallest absolute Gasteiger partial charge is 0.161 e. The number of aromatic amines is 2. The Labute approximate surface area is 174 Å². The van der Waals surface area contributed by atoms with Crippen LogP contribution < -0.4 is 0 Å². The summed E-state index contributed by atoms with van der Waals surface area (Å²) in [4.78, 5) is 25.3. The highest BCUT2D eigenvalue weighted by Gasteiger charge is 2.17. The molecule has 0 atom stereocenters. The third kappa shape index (κ3) is 2.87. The molecule has 31 heavy (non-hydrogen) atoms. The van der Waals surface area contributed by atoms with Gasteiger partial charge in [0.05, 0.1) is 34.6 Å². The molecule has 9 nitrogen and oxygen atoms in total. The van der Waals surface area contributed by atoms with Crippen LogP contribution in [-0.4, -0.2) is 45.2 Å². The molecule has 0 saturated heterocycles. The molecule has 0 radical (unpaired) electrons. The van der Waals surface area contributed by atoms with Crippen LogP contribution in [0.25, 0.3) is 56.0 Å². The van der Waals surface area contributed by atoms with E-state index in [4.69, 9.17) is 9.97 Å². The van der Waals surface area contributed by atoms with Gasteiger partial charge in [-0.25, -0.2) is 9.97 Å². The van der Waals surface area contributed by atoms with Crippen molar-refractivity contribution in [3.8, 4) is 39.7 Å². The largest absolute Gasteiger partial charge is 0.506 e. The van der Waals surface area contributed by atoms with Crippen molar-refractivity contribution < 1.29 is 5.11 Å². The molecular formula is C22H14N8O. The SMILES string of the molecule is Oc1cncc(-c2ccc3[nH]nc(-c4nc5c(-c6ccncc6)cncc5[nH]4)c3n2)c1. The number of imidazole rings is 1. The fraction of sp³-hybridized carbons (Fsp3) is 0. The molecule has 0 aliphatic carbocycles. The maximum Gasteiger partial charge on any atom is 0.161 e. The van der Waals surface area contributed by atoms with Gasteiger partial charge in [0.2, 0.25) is 0 Å². The molecule has 6 heterocycles. The molecule has 0 fully saturated rings. The zero-order chi connectivity index (χ0) is 20.8. The van der Waals surface area contributed by atoms with Crippen LogP contribution >= 0.6 is 0 Å². The van der Waals surface area contributed by atoms with Gasteiger partial charge in [0.1, 0.15) is 11.3 Å². The molecule has 0 aliphatic rings. The van der Waals surface area contributed by atoms with Crippen LogP contribution in [0.15, 0.2) is 67.5 Å². The fourth-order valence-electron chi connectivity index (χ4n) is 3.58. The molecule has 9 heteroatoms. The lowest BCUT2D eigenvalue weighted by atomic mass is 10.1. The number of hydrogen-bond donors (Lipinski definition) is 3. The second-order valence-corrected chi connectivity index (χ2v) is 7.00. The van der Waals surface area contributed by atoms with E-state index in [1.54, 1.807) is 37.1 Å². The zero-order valence-electron chi connectivity index (χ0n) is 16.0. The Kier molecular flexibility index (Phi) is 3.72. The summed E-state index contributed by atoms with van der Waals surface area (Å²) in [5, 5.41) is 17.2. The first kappa shape index (κ1) is 17.2. The molecule has 0 saturated carbocycles. The topological polar surface area (TPSA) is 129 Å². The Morgan fingerprint density at radius 2 is 1.61 bits per heavy atom. The Morgan fingerprint density at radius 3 is 2.48 bits per heavy atom. The van der Waals surface area contributed by atoms with Crippen LogP contribution in [0, 0.1) is 0 Å². The first-order valence-corrected chi connectivity index (χ1v) is 9.50. The van der Waals surface area contributed by atoms with Gasteiger partial charge in [-0.1, -0.05) is 0 Å². The predicted molar refractivity (Wildman–Crippen MR) is 115 cm³/mol. The minimum Gasteiger partial charge on any atom is -0.506 e. The summed E-state index contributed by atoms with van der Waals surface area (Å²) in [6.45, 7) is 0. The molecular weight excluding hydrogens is 392 g/mol. The maximum absolute atomic E-state index is 9.75. The van der Waals surface area contributed by atoms with Gasteiger partial charge in [-0.15, -0.1) is 0 Å². The van der Waals surface area contributed by atoms with Crippen molar-refractivity contribution in [2.75, 3.05) is 0 Å². The second kappa shape index (κ2) is 6.70. The van der Waals surface area contributed by atoms with Crippen molar-refractivity contribution in [3.05, 3.63) is 67.5 Å². The Hall–Kier alpha value is -4.66. The molecule has 0 amide bonds. The monoisotopic (exact) mass is 406 g/mol. The Bertz CT molecular complexity index is 1550. The van der Waals surface area contributed by atoms with Crippen LogP contribution in [0.4, 0.5) is 0 Å². The molecule has 6 aromatic heterocycles. The Morgan fingerprint density at radius 1 is 0.742 bits per heavy atom. The number of aromatic nitrogens is 8. The summed E-state index contributed by atoms with van der Waals surface area (Å²) in [5.41, 5.74) is 6.91. The van der Waals surface area contributed by atoms with E-state index >= 15 is 0 Å². The van der Waals surface area contributed by atoms with Crippen molar-refractivity contribution in [1.29, 1.82) is 0 Å². The van der Waals surface area contributed by atoms with Crippen LogP contribution in [0.1, 0.15) is 0 Å². The summed E-state index contributed by atoms with van der Waals surface area (Å²) >= 11 is 0. The first-order valence-electron chi connectivity index (χ1n) is 9.50. The number of H-pyrrole nitrogens is 2. The third-order valence-electron chi connectivity index (χ3n) is 5.04. The van der Waals surface area contributed by atoms with Crippen molar-refractivity contribution in [2.24, 2.45) is 0 Å². The van der Waals surface area contributed by atoms with E-state index in [1.165, 1.54) is 6.20 Å². The van der Waals surface area contributed by atoms with E-state index in [0.29, 0.717) is 28.3 Å². The number of hydrogen-bond acceptors (Lipinski definition) is 7. The molecule has 0 bridgehead atoms. The molecule has 0 spiro atoms. The average molecular weight is 406 g/mol. The highest BCUT2D eigenvalue weighted by molar-refractivity contribution is 5.95. The number of fused-ring (bicyclic) bond motifs is 2. The maximum atomic E-state index is 9.75. The lowest BCUT2D eigenvalue weighted by Gasteiger charge is -2.01. The van der Waals surface area contributed by atoms with Gasteiger partial charge < -0.3 is 10.1 Å². The van der Waals surface area contributed by atoms with Gasteiger partial charge in [0.25, 0.3) is 0 Å². The predicted octanol–water partition coefficient (Wildman–Crippen LogP) is 3.73. The van der Waals surface area contributed by atoms with Crippen LogP contribution in [0.2, 0.25) is 0 Å². The number of nitrogens with one attached hydrogen (secondary N) is 2. The van der Waals surface area contributed by atoms with Gasteiger partial charge in [0.15, 0.2) is 11.5 Å². The van der Waals surface area contributed by atoms with E-state index in [-0.39, 0.29) is 5.75 Å². The number of rotatable bonds is 3. The Balaban J connectivity index is 1.51. The molecule has 0 aromatic carbocycles. The zero-order valence-corrected chi connectivity index (χ0v) is 16.0. The quantitative estimate of drug-likeness (QED) is 0.408. The van der Waals surface area contributed by atoms with E-state index in [2.05, 4.69) is 30.1 Å².